The molecule has 0 spiro atoms. The van der Waals surface area contributed by atoms with E-state index in [2.05, 4.69) is 0 Å². The Morgan fingerprint density at radius 1 is 1.14 bits per heavy atom. The molecule has 22 heavy (non-hydrogen) atoms. The Labute approximate surface area is 134 Å². The van der Waals surface area contributed by atoms with Crippen LogP contribution in [0.1, 0.15) is 72.1 Å². The summed E-state index contributed by atoms with van der Waals surface area (Å²) in [5, 5.41) is 0. The Hall–Kier alpha value is -0.810. The van der Waals surface area contributed by atoms with E-state index < -0.39 is 5.60 Å². The monoisotopic (exact) mass is 313 g/mol. The summed E-state index contributed by atoms with van der Waals surface area (Å²) >= 11 is 0. The Morgan fingerprint density at radius 2 is 1.86 bits per heavy atom. The number of hydrogen-bond acceptors (Lipinski definition) is 4. The molecule has 2 fully saturated rings. The number of hydrogen-bond donors (Lipinski definition) is 0. The van der Waals surface area contributed by atoms with E-state index in [4.69, 9.17) is 14.5 Å². The third-order valence-electron chi connectivity index (χ3n) is 4.34. The number of rotatable bonds is 4. The first-order chi connectivity index (χ1) is 10.5. The molecule has 5 heteroatoms. The molecule has 1 amide bonds. The number of nitrogens with zero attached hydrogens (tertiary/aromatic N) is 1. The summed E-state index contributed by atoms with van der Waals surface area (Å²) in [5.74, 6) is 0.725. The fourth-order valence-electron chi connectivity index (χ4n) is 3.17. The van der Waals surface area contributed by atoms with Crippen LogP contribution in [0.5, 0.6) is 0 Å². The Morgan fingerprint density at radius 3 is 2.45 bits per heavy atom. The van der Waals surface area contributed by atoms with E-state index in [-0.39, 0.29) is 12.3 Å². The molecule has 0 radical (unpaired) electrons. The molecule has 1 saturated carbocycles. The molecule has 128 valence electrons. The molecule has 5 nitrogen and oxygen atoms in total. The molecule has 2 rings (SSSR count). The van der Waals surface area contributed by atoms with E-state index in [1.807, 2.05) is 20.8 Å². The van der Waals surface area contributed by atoms with E-state index in [0.29, 0.717) is 13.2 Å². The van der Waals surface area contributed by atoms with Crippen LogP contribution in [0.25, 0.3) is 0 Å². The average Bonchev–Trinajstić information content (AvgIpc) is 2.48. The highest BCUT2D eigenvalue weighted by Crippen LogP contribution is 2.28. The standard InChI is InChI=1S/C17H31NO4/c1-17(2,3)21-16(19)18(15-10-7-13-20-22-15)12-11-14-8-5-4-6-9-14/h14-15H,4-13H2,1-3H3. The lowest BCUT2D eigenvalue weighted by Gasteiger charge is -2.35. The lowest BCUT2D eigenvalue weighted by molar-refractivity contribution is -0.368. The average molecular weight is 313 g/mol. The number of carbonyl (C=O) groups excluding carboxylic acids is 1. The Bertz CT molecular complexity index is 341. The molecule has 1 aliphatic carbocycles. The van der Waals surface area contributed by atoms with Crippen LogP contribution in [0, 0.1) is 5.92 Å². The predicted octanol–water partition coefficient (Wildman–Crippen LogP) is 4.26. The highest BCUT2D eigenvalue weighted by molar-refractivity contribution is 5.68. The van der Waals surface area contributed by atoms with E-state index in [1.165, 1.54) is 32.1 Å². The second-order valence-electron chi connectivity index (χ2n) is 7.48. The molecular formula is C17H31NO4. The first-order valence-corrected chi connectivity index (χ1v) is 8.73. The summed E-state index contributed by atoms with van der Waals surface area (Å²) in [6.45, 7) is 6.96. The van der Waals surface area contributed by atoms with Crippen molar-refractivity contribution in [2.75, 3.05) is 13.2 Å². The van der Waals surface area contributed by atoms with E-state index in [0.717, 1.165) is 25.2 Å². The molecule has 2 aliphatic rings. The molecule has 1 unspecified atom stereocenters. The lowest BCUT2D eigenvalue weighted by atomic mass is 9.87. The van der Waals surface area contributed by atoms with Crippen molar-refractivity contribution in [1.82, 2.24) is 4.90 Å². The lowest BCUT2D eigenvalue weighted by Crippen LogP contribution is -2.47. The maximum Gasteiger partial charge on any atom is 0.412 e. The van der Waals surface area contributed by atoms with Gasteiger partial charge < -0.3 is 4.74 Å². The van der Waals surface area contributed by atoms with E-state index in [1.54, 1.807) is 4.90 Å². The minimum Gasteiger partial charge on any atom is -0.444 e. The fourth-order valence-corrected chi connectivity index (χ4v) is 3.17. The summed E-state index contributed by atoms with van der Waals surface area (Å²) in [4.78, 5) is 24.6. The number of ether oxygens (including phenoxy) is 1. The number of amides is 1. The summed E-state index contributed by atoms with van der Waals surface area (Å²) in [7, 11) is 0. The third kappa shape index (κ3) is 5.76. The van der Waals surface area contributed by atoms with Crippen molar-refractivity contribution in [3.8, 4) is 0 Å². The topological polar surface area (TPSA) is 48.0 Å². The van der Waals surface area contributed by atoms with Crippen LogP contribution < -0.4 is 0 Å². The summed E-state index contributed by atoms with van der Waals surface area (Å²) < 4.78 is 5.54. The minimum atomic E-state index is -0.490. The first-order valence-electron chi connectivity index (χ1n) is 8.73. The predicted molar refractivity (Wildman–Crippen MR) is 84.2 cm³/mol. The maximum absolute atomic E-state index is 12.5. The Kier molecular flexibility index (Phi) is 6.50. The van der Waals surface area contributed by atoms with Crippen LogP contribution in [0.4, 0.5) is 4.79 Å². The van der Waals surface area contributed by atoms with Crippen molar-refractivity contribution in [3.63, 3.8) is 0 Å². The van der Waals surface area contributed by atoms with Crippen LogP contribution >= 0.6 is 0 Å². The van der Waals surface area contributed by atoms with Crippen LogP contribution in [0.15, 0.2) is 0 Å². The van der Waals surface area contributed by atoms with Crippen LogP contribution in [0.2, 0.25) is 0 Å². The summed E-state index contributed by atoms with van der Waals surface area (Å²) in [6, 6.07) is 0. The highest BCUT2D eigenvalue weighted by atomic mass is 17.2. The highest BCUT2D eigenvalue weighted by Gasteiger charge is 2.31. The van der Waals surface area contributed by atoms with Gasteiger partial charge >= 0.3 is 6.09 Å². The van der Waals surface area contributed by atoms with E-state index in [9.17, 15) is 4.79 Å². The summed E-state index contributed by atoms with van der Waals surface area (Å²) in [5.41, 5.74) is -0.490. The zero-order valence-corrected chi connectivity index (χ0v) is 14.3. The van der Waals surface area contributed by atoms with Gasteiger partial charge in [0.1, 0.15) is 5.60 Å². The van der Waals surface area contributed by atoms with Crippen molar-refractivity contribution < 1.29 is 19.3 Å². The molecule has 1 atom stereocenters. The van der Waals surface area contributed by atoms with Gasteiger partial charge in [-0.25, -0.2) is 14.6 Å². The summed E-state index contributed by atoms with van der Waals surface area (Å²) in [6.07, 6.45) is 8.70. The van der Waals surface area contributed by atoms with Gasteiger partial charge in [-0.15, -0.1) is 0 Å². The van der Waals surface area contributed by atoms with Gasteiger partial charge in [0.2, 0.25) is 0 Å². The number of carbonyl (C=O) groups is 1. The largest absolute Gasteiger partial charge is 0.444 e. The SMILES string of the molecule is CC(C)(C)OC(=O)N(CCC1CCCCC1)C1CCCOO1. The molecule has 1 aliphatic heterocycles. The van der Waals surface area contributed by atoms with Gasteiger partial charge in [-0.1, -0.05) is 32.1 Å². The first kappa shape index (κ1) is 17.5. The molecule has 0 aromatic carbocycles. The van der Waals surface area contributed by atoms with Gasteiger partial charge in [-0.3, -0.25) is 4.90 Å². The molecular weight excluding hydrogens is 282 g/mol. The molecule has 0 bridgehead atoms. The van der Waals surface area contributed by atoms with Crippen LogP contribution in [-0.2, 0) is 14.5 Å². The van der Waals surface area contributed by atoms with Crippen molar-refractivity contribution >= 4 is 6.09 Å². The van der Waals surface area contributed by atoms with Gasteiger partial charge in [-0.2, -0.15) is 0 Å². The van der Waals surface area contributed by atoms with Crippen LogP contribution in [-0.4, -0.2) is 36.0 Å². The minimum absolute atomic E-state index is 0.293. The zero-order chi connectivity index (χ0) is 16.0. The molecule has 1 saturated heterocycles. The second-order valence-corrected chi connectivity index (χ2v) is 7.48. The van der Waals surface area contributed by atoms with Gasteiger partial charge in [0, 0.05) is 6.54 Å². The van der Waals surface area contributed by atoms with Crippen molar-refractivity contribution in [3.05, 3.63) is 0 Å². The van der Waals surface area contributed by atoms with Gasteiger partial charge in [0.25, 0.3) is 0 Å². The van der Waals surface area contributed by atoms with Gasteiger partial charge in [-0.05, 0) is 46.0 Å². The molecule has 0 aromatic heterocycles. The van der Waals surface area contributed by atoms with Crippen LogP contribution in [0.3, 0.4) is 0 Å². The third-order valence-corrected chi connectivity index (χ3v) is 4.34. The second kappa shape index (κ2) is 8.16. The smallest absolute Gasteiger partial charge is 0.412 e. The molecule has 0 N–H and O–H groups in total. The van der Waals surface area contributed by atoms with Crippen molar-refractivity contribution in [2.45, 2.75) is 84.0 Å². The van der Waals surface area contributed by atoms with Gasteiger partial charge in [0.05, 0.1) is 6.61 Å². The quantitative estimate of drug-likeness (QED) is 0.728. The fraction of sp³-hybridized carbons (Fsp3) is 0.941. The zero-order valence-electron chi connectivity index (χ0n) is 14.3. The van der Waals surface area contributed by atoms with Crippen molar-refractivity contribution in [2.24, 2.45) is 5.92 Å². The molecule has 1 heterocycles. The van der Waals surface area contributed by atoms with Gasteiger partial charge in [0.15, 0.2) is 6.23 Å². The maximum atomic E-state index is 12.5. The van der Waals surface area contributed by atoms with E-state index >= 15 is 0 Å². The Balaban J connectivity index is 1.92. The molecule has 0 aromatic rings. The normalized spacial score (nSPS) is 24.0. The van der Waals surface area contributed by atoms with Crippen molar-refractivity contribution in [1.29, 1.82) is 0 Å².